The van der Waals surface area contributed by atoms with E-state index in [-0.39, 0.29) is 18.4 Å². The van der Waals surface area contributed by atoms with Gasteiger partial charge < -0.3 is 9.47 Å². The van der Waals surface area contributed by atoms with Crippen molar-refractivity contribution in [2.75, 3.05) is 6.79 Å². The van der Waals surface area contributed by atoms with Crippen LogP contribution in [-0.4, -0.2) is 22.7 Å². The zero-order valence-corrected chi connectivity index (χ0v) is 12.9. The Balaban J connectivity index is 2.02. The molecule has 23 heavy (non-hydrogen) atoms. The van der Waals surface area contributed by atoms with E-state index in [2.05, 4.69) is 11.9 Å². The number of unbranched alkanes of at least 4 members (excludes halogenated alkanes) is 2. The first-order valence-electron chi connectivity index (χ1n) is 7.44. The molecule has 0 bridgehead atoms. The number of non-ortho nitro benzene ring substituents is 1. The van der Waals surface area contributed by atoms with Crippen LogP contribution in [0.15, 0.2) is 30.5 Å². The first kappa shape index (κ1) is 16.7. The lowest BCUT2D eigenvalue weighted by Crippen LogP contribution is -2.10. The molecule has 0 radical (unpaired) electrons. The second-order valence-electron chi connectivity index (χ2n) is 4.98. The van der Waals surface area contributed by atoms with E-state index in [1.54, 1.807) is 12.1 Å². The Morgan fingerprint density at radius 3 is 2.87 bits per heavy atom. The predicted octanol–water partition coefficient (Wildman–Crippen LogP) is 3.60. The fourth-order valence-electron chi connectivity index (χ4n) is 2.16. The molecule has 0 amide bonds. The van der Waals surface area contributed by atoms with Gasteiger partial charge >= 0.3 is 5.97 Å². The Morgan fingerprint density at radius 1 is 1.30 bits per heavy atom. The third-order valence-electron chi connectivity index (χ3n) is 3.33. The average Bonchev–Trinajstić information content (AvgIpc) is 2.55. The number of benzene rings is 1. The molecule has 0 saturated heterocycles. The standard InChI is InChI=1S/C16H18N2O5/c1-2-3-4-7-15(19)23-11-22-14-9-8-13(18(20)21)12-6-5-10-17-16(12)14/h5-6,8-10H,2-4,7,11H2,1H3. The summed E-state index contributed by atoms with van der Waals surface area (Å²) in [7, 11) is 0. The molecule has 0 saturated carbocycles. The van der Waals surface area contributed by atoms with Crippen molar-refractivity contribution in [1.29, 1.82) is 0 Å². The van der Waals surface area contributed by atoms with Crippen LogP contribution in [-0.2, 0) is 9.53 Å². The van der Waals surface area contributed by atoms with Crippen LogP contribution in [0.5, 0.6) is 5.75 Å². The molecule has 1 aromatic carbocycles. The molecular weight excluding hydrogens is 300 g/mol. The van der Waals surface area contributed by atoms with Crippen molar-refractivity contribution in [3.63, 3.8) is 0 Å². The van der Waals surface area contributed by atoms with Crippen molar-refractivity contribution in [3.8, 4) is 5.75 Å². The van der Waals surface area contributed by atoms with Crippen molar-refractivity contribution in [1.82, 2.24) is 4.98 Å². The second-order valence-corrected chi connectivity index (χ2v) is 4.98. The molecular formula is C16H18N2O5. The maximum Gasteiger partial charge on any atom is 0.308 e. The number of hydrogen-bond donors (Lipinski definition) is 0. The fourth-order valence-corrected chi connectivity index (χ4v) is 2.16. The Bertz CT molecular complexity index is 702. The first-order chi connectivity index (χ1) is 11.1. The van der Waals surface area contributed by atoms with Crippen LogP contribution in [0, 0.1) is 10.1 Å². The number of carbonyl (C=O) groups is 1. The van der Waals surface area contributed by atoms with Gasteiger partial charge in [-0.1, -0.05) is 19.8 Å². The number of ether oxygens (including phenoxy) is 2. The lowest BCUT2D eigenvalue weighted by molar-refractivity contribution is -0.383. The van der Waals surface area contributed by atoms with E-state index in [4.69, 9.17) is 9.47 Å². The number of esters is 1. The van der Waals surface area contributed by atoms with Crippen LogP contribution in [0.25, 0.3) is 10.9 Å². The molecule has 2 aromatic rings. The molecule has 122 valence electrons. The minimum atomic E-state index is -0.471. The molecule has 7 nitrogen and oxygen atoms in total. The topological polar surface area (TPSA) is 91.6 Å². The van der Waals surface area contributed by atoms with Gasteiger partial charge in [0.05, 0.1) is 10.3 Å². The number of fused-ring (bicyclic) bond motifs is 1. The van der Waals surface area contributed by atoms with E-state index in [0.29, 0.717) is 23.1 Å². The molecule has 0 aliphatic carbocycles. The lowest BCUT2D eigenvalue weighted by atomic mass is 10.1. The van der Waals surface area contributed by atoms with Crippen molar-refractivity contribution >= 4 is 22.6 Å². The first-order valence-corrected chi connectivity index (χ1v) is 7.44. The van der Waals surface area contributed by atoms with Gasteiger partial charge in [-0.3, -0.25) is 19.9 Å². The van der Waals surface area contributed by atoms with Crippen LogP contribution in [0.2, 0.25) is 0 Å². The molecule has 7 heteroatoms. The lowest BCUT2D eigenvalue weighted by Gasteiger charge is -2.09. The number of nitro benzene ring substituents is 1. The highest BCUT2D eigenvalue weighted by atomic mass is 16.7. The third kappa shape index (κ3) is 4.38. The maximum absolute atomic E-state index is 11.5. The summed E-state index contributed by atoms with van der Waals surface area (Å²) in [4.78, 5) is 26.2. The largest absolute Gasteiger partial charge is 0.455 e. The SMILES string of the molecule is CCCCCC(=O)OCOc1ccc([N+](=O)[O-])c2cccnc12. The molecule has 0 N–H and O–H groups in total. The van der Waals surface area contributed by atoms with Crippen LogP contribution >= 0.6 is 0 Å². The maximum atomic E-state index is 11.5. The smallest absolute Gasteiger partial charge is 0.308 e. The zero-order chi connectivity index (χ0) is 16.7. The van der Waals surface area contributed by atoms with Gasteiger partial charge in [0.25, 0.3) is 5.69 Å². The van der Waals surface area contributed by atoms with Gasteiger partial charge in [0.1, 0.15) is 11.3 Å². The number of rotatable bonds is 8. The van der Waals surface area contributed by atoms with Gasteiger partial charge in [0.15, 0.2) is 0 Å². The van der Waals surface area contributed by atoms with Gasteiger partial charge in [0, 0.05) is 18.7 Å². The highest BCUT2D eigenvalue weighted by Crippen LogP contribution is 2.31. The van der Waals surface area contributed by atoms with Crippen molar-refractivity contribution in [2.24, 2.45) is 0 Å². The number of nitro groups is 1. The van der Waals surface area contributed by atoms with E-state index >= 15 is 0 Å². The summed E-state index contributed by atoms with van der Waals surface area (Å²) in [5, 5.41) is 11.4. The van der Waals surface area contributed by atoms with Crippen LogP contribution in [0.4, 0.5) is 5.69 Å². The molecule has 0 fully saturated rings. The van der Waals surface area contributed by atoms with Gasteiger partial charge in [-0.2, -0.15) is 0 Å². The Hall–Kier alpha value is -2.70. The molecule has 0 atom stereocenters. The summed E-state index contributed by atoms with van der Waals surface area (Å²) >= 11 is 0. The number of hydrogen-bond acceptors (Lipinski definition) is 6. The van der Waals surface area contributed by atoms with Gasteiger partial charge in [-0.05, 0) is 24.6 Å². The van der Waals surface area contributed by atoms with Crippen LogP contribution < -0.4 is 4.74 Å². The highest BCUT2D eigenvalue weighted by molar-refractivity contribution is 5.92. The highest BCUT2D eigenvalue weighted by Gasteiger charge is 2.15. The summed E-state index contributed by atoms with van der Waals surface area (Å²) in [5.74, 6) is 0.0187. The Kier molecular flexibility index (Phi) is 5.85. The molecule has 0 spiro atoms. The monoisotopic (exact) mass is 318 g/mol. The molecule has 0 aliphatic rings. The van der Waals surface area contributed by atoms with Crippen LogP contribution in [0.1, 0.15) is 32.6 Å². The van der Waals surface area contributed by atoms with E-state index in [1.807, 2.05) is 0 Å². The number of pyridine rings is 1. The second kappa shape index (κ2) is 8.07. The predicted molar refractivity (Wildman–Crippen MR) is 84.1 cm³/mol. The summed E-state index contributed by atoms with van der Waals surface area (Å²) < 4.78 is 10.4. The molecule has 1 heterocycles. The number of aromatic nitrogens is 1. The van der Waals surface area contributed by atoms with E-state index in [1.165, 1.54) is 18.3 Å². The number of carbonyl (C=O) groups excluding carboxylic acids is 1. The molecule has 0 unspecified atom stereocenters. The van der Waals surface area contributed by atoms with Gasteiger partial charge in [0.2, 0.25) is 6.79 Å². The Morgan fingerprint density at radius 2 is 2.13 bits per heavy atom. The summed E-state index contributed by atoms with van der Waals surface area (Å²) in [5.41, 5.74) is 0.320. The zero-order valence-electron chi connectivity index (χ0n) is 12.9. The van der Waals surface area contributed by atoms with Gasteiger partial charge in [-0.15, -0.1) is 0 Å². The van der Waals surface area contributed by atoms with Crippen molar-refractivity contribution < 1.29 is 19.2 Å². The van der Waals surface area contributed by atoms with Crippen molar-refractivity contribution in [3.05, 3.63) is 40.6 Å². The minimum Gasteiger partial charge on any atom is -0.455 e. The van der Waals surface area contributed by atoms with Crippen LogP contribution in [0.3, 0.4) is 0 Å². The van der Waals surface area contributed by atoms with E-state index < -0.39 is 4.92 Å². The van der Waals surface area contributed by atoms with Gasteiger partial charge in [-0.25, -0.2) is 0 Å². The van der Waals surface area contributed by atoms with Crippen molar-refractivity contribution in [2.45, 2.75) is 32.6 Å². The van der Waals surface area contributed by atoms with E-state index in [0.717, 1.165) is 19.3 Å². The summed E-state index contributed by atoms with van der Waals surface area (Å²) in [6.45, 7) is 1.82. The Labute approximate surface area is 133 Å². The quantitative estimate of drug-likeness (QED) is 0.243. The minimum absolute atomic E-state index is 0.0444. The average molecular weight is 318 g/mol. The molecule has 2 rings (SSSR count). The summed E-state index contributed by atoms with van der Waals surface area (Å²) in [6.07, 6.45) is 4.68. The molecule has 1 aromatic heterocycles. The molecule has 0 aliphatic heterocycles. The fraction of sp³-hybridized carbons (Fsp3) is 0.375. The normalized spacial score (nSPS) is 10.5. The third-order valence-corrected chi connectivity index (χ3v) is 3.33. The van der Waals surface area contributed by atoms with E-state index in [9.17, 15) is 14.9 Å². The summed E-state index contributed by atoms with van der Waals surface area (Å²) in [6, 6.07) is 6.03. The number of nitrogens with zero attached hydrogens (tertiary/aromatic N) is 2.